The molecule has 0 unspecified atom stereocenters. The first kappa shape index (κ1) is 18.3. The minimum atomic E-state index is -0.316. The molecule has 2 fully saturated rings. The van der Waals surface area contributed by atoms with E-state index in [1.54, 1.807) is 12.4 Å². The summed E-state index contributed by atoms with van der Waals surface area (Å²) >= 11 is 0. The molecule has 2 aliphatic carbocycles. The number of nitrogens with zero attached hydrogens (tertiary/aromatic N) is 5. The average Bonchev–Trinajstić information content (AvgIpc) is 3.27. The standard InChI is InChI=1S/C21H25N9O/c31-19(27-20-22-8-9-23-20)16-5-2-10-30(16)21-24-14-4-1-3-13(14)18(26-21)25-17-11-15(28-29-17)12-6-7-12/h8-9,11-12,16H,1-7,10H2,(H2,22,23,27,31)(H2,24,25,26,28,29)/t16-/m0/s1. The van der Waals surface area contributed by atoms with Crippen molar-refractivity contribution in [1.29, 1.82) is 0 Å². The van der Waals surface area contributed by atoms with Crippen LogP contribution in [0.5, 0.6) is 0 Å². The molecule has 10 nitrogen and oxygen atoms in total. The summed E-state index contributed by atoms with van der Waals surface area (Å²) in [6, 6.07) is 1.76. The van der Waals surface area contributed by atoms with E-state index in [0.717, 1.165) is 61.5 Å². The second-order valence-corrected chi connectivity index (χ2v) is 8.54. The van der Waals surface area contributed by atoms with Crippen LogP contribution in [0.1, 0.15) is 55.0 Å². The minimum Gasteiger partial charge on any atom is -0.331 e. The van der Waals surface area contributed by atoms with E-state index in [4.69, 9.17) is 9.97 Å². The van der Waals surface area contributed by atoms with Crippen molar-refractivity contribution in [2.45, 2.75) is 56.9 Å². The summed E-state index contributed by atoms with van der Waals surface area (Å²) in [6.07, 6.45) is 10.4. The Morgan fingerprint density at radius 1 is 1.16 bits per heavy atom. The Morgan fingerprint density at radius 2 is 2.10 bits per heavy atom. The van der Waals surface area contributed by atoms with Crippen LogP contribution in [-0.2, 0) is 17.6 Å². The third kappa shape index (κ3) is 3.51. The van der Waals surface area contributed by atoms with Gasteiger partial charge in [0.15, 0.2) is 5.82 Å². The summed E-state index contributed by atoms with van der Waals surface area (Å²) < 4.78 is 0. The average molecular weight is 419 g/mol. The number of aromatic amines is 2. The summed E-state index contributed by atoms with van der Waals surface area (Å²) in [5.74, 6) is 3.19. The number of carbonyl (C=O) groups excluding carboxylic acids is 1. The normalized spacial score (nSPS) is 20.1. The van der Waals surface area contributed by atoms with Gasteiger partial charge in [0, 0.05) is 42.2 Å². The highest BCUT2D eigenvalue weighted by atomic mass is 16.2. The molecule has 1 saturated heterocycles. The predicted octanol–water partition coefficient (Wildman–Crippen LogP) is 2.64. The van der Waals surface area contributed by atoms with Gasteiger partial charge in [-0.15, -0.1) is 0 Å². The quantitative estimate of drug-likeness (QED) is 0.484. The molecule has 0 aromatic carbocycles. The van der Waals surface area contributed by atoms with Crippen LogP contribution in [-0.4, -0.2) is 48.6 Å². The van der Waals surface area contributed by atoms with E-state index in [0.29, 0.717) is 17.8 Å². The number of fused-ring (bicyclic) bond motifs is 1. The molecular formula is C21H25N9O. The molecule has 10 heteroatoms. The maximum absolute atomic E-state index is 12.9. The maximum Gasteiger partial charge on any atom is 0.249 e. The van der Waals surface area contributed by atoms with E-state index in [9.17, 15) is 4.79 Å². The molecule has 1 atom stereocenters. The summed E-state index contributed by atoms with van der Waals surface area (Å²) in [4.78, 5) is 31.6. The molecule has 1 aliphatic heterocycles. The first-order valence-electron chi connectivity index (χ1n) is 11.0. The Kier molecular flexibility index (Phi) is 4.36. The molecule has 3 aliphatic rings. The molecule has 6 rings (SSSR count). The lowest BCUT2D eigenvalue weighted by Gasteiger charge is -2.24. The molecule has 1 saturated carbocycles. The zero-order chi connectivity index (χ0) is 20.8. The summed E-state index contributed by atoms with van der Waals surface area (Å²) in [6.45, 7) is 0.753. The molecular weight excluding hydrogens is 394 g/mol. The molecule has 160 valence electrons. The number of rotatable bonds is 6. The van der Waals surface area contributed by atoms with Gasteiger partial charge in [0.1, 0.15) is 11.9 Å². The number of aromatic nitrogens is 6. The van der Waals surface area contributed by atoms with Crippen LogP contribution in [0.15, 0.2) is 18.5 Å². The summed E-state index contributed by atoms with van der Waals surface area (Å²) in [5, 5.41) is 13.8. The number of hydrogen-bond donors (Lipinski definition) is 4. The van der Waals surface area contributed by atoms with E-state index in [1.165, 1.54) is 18.5 Å². The highest BCUT2D eigenvalue weighted by Crippen LogP contribution is 2.40. The van der Waals surface area contributed by atoms with Gasteiger partial charge < -0.3 is 15.2 Å². The zero-order valence-corrected chi connectivity index (χ0v) is 17.2. The van der Waals surface area contributed by atoms with Gasteiger partial charge in [0.2, 0.25) is 17.8 Å². The van der Waals surface area contributed by atoms with E-state index < -0.39 is 0 Å². The van der Waals surface area contributed by atoms with Crippen LogP contribution < -0.4 is 15.5 Å². The molecule has 31 heavy (non-hydrogen) atoms. The Morgan fingerprint density at radius 3 is 2.94 bits per heavy atom. The van der Waals surface area contributed by atoms with Crippen molar-refractivity contribution in [1.82, 2.24) is 30.1 Å². The molecule has 4 N–H and O–H groups in total. The van der Waals surface area contributed by atoms with Crippen molar-refractivity contribution in [3.63, 3.8) is 0 Å². The van der Waals surface area contributed by atoms with Crippen LogP contribution in [0.4, 0.5) is 23.5 Å². The number of carbonyl (C=O) groups is 1. The lowest BCUT2D eigenvalue weighted by Crippen LogP contribution is -2.41. The number of aryl methyl sites for hydroxylation is 1. The van der Waals surface area contributed by atoms with Gasteiger partial charge in [-0.05, 0) is 44.9 Å². The Labute approximate surface area is 179 Å². The third-order valence-electron chi connectivity index (χ3n) is 6.33. The van der Waals surface area contributed by atoms with Gasteiger partial charge in [0.25, 0.3) is 0 Å². The fourth-order valence-corrected chi connectivity index (χ4v) is 4.59. The van der Waals surface area contributed by atoms with Crippen LogP contribution in [0.25, 0.3) is 0 Å². The Bertz CT molecular complexity index is 1100. The monoisotopic (exact) mass is 419 g/mol. The summed E-state index contributed by atoms with van der Waals surface area (Å²) in [7, 11) is 0. The van der Waals surface area contributed by atoms with Crippen LogP contribution in [0, 0.1) is 0 Å². The van der Waals surface area contributed by atoms with Crippen LogP contribution >= 0.6 is 0 Å². The maximum atomic E-state index is 12.9. The summed E-state index contributed by atoms with van der Waals surface area (Å²) in [5.41, 5.74) is 3.42. The molecule has 4 heterocycles. The van der Waals surface area contributed by atoms with Crippen molar-refractivity contribution < 1.29 is 4.79 Å². The lowest BCUT2D eigenvalue weighted by atomic mass is 10.2. The van der Waals surface area contributed by atoms with Crippen molar-refractivity contribution in [2.24, 2.45) is 0 Å². The molecule has 3 aromatic rings. The second kappa shape index (κ2) is 7.36. The highest BCUT2D eigenvalue weighted by Gasteiger charge is 2.34. The predicted molar refractivity (Wildman–Crippen MR) is 115 cm³/mol. The van der Waals surface area contributed by atoms with E-state index in [-0.39, 0.29) is 11.9 Å². The Balaban J connectivity index is 1.27. The van der Waals surface area contributed by atoms with Gasteiger partial charge in [-0.25, -0.2) is 9.97 Å². The first-order chi connectivity index (χ1) is 15.2. The number of hydrogen-bond acceptors (Lipinski definition) is 7. The molecule has 1 amide bonds. The minimum absolute atomic E-state index is 0.0903. The number of imidazole rings is 1. The topological polar surface area (TPSA) is 128 Å². The lowest BCUT2D eigenvalue weighted by molar-refractivity contribution is -0.117. The number of anilines is 4. The third-order valence-corrected chi connectivity index (χ3v) is 6.33. The number of nitrogens with one attached hydrogen (secondary N) is 4. The SMILES string of the molecule is O=C(Nc1ncc[nH]1)[C@@H]1CCCN1c1nc2c(c(Nc3cc(C4CC4)[nH]n3)n1)CCC2. The van der Waals surface area contributed by atoms with Gasteiger partial charge in [-0.3, -0.25) is 15.2 Å². The van der Waals surface area contributed by atoms with Gasteiger partial charge >= 0.3 is 0 Å². The van der Waals surface area contributed by atoms with Gasteiger partial charge in [-0.1, -0.05) is 0 Å². The van der Waals surface area contributed by atoms with E-state index in [2.05, 4.69) is 36.9 Å². The van der Waals surface area contributed by atoms with Crippen LogP contribution in [0.3, 0.4) is 0 Å². The molecule has 0 spiro atoms. The second-order valence-electron chi connectivity index (χ2n) is 8.54. The largest absolute Gasteiger partial charge is 0.331 e. The van der Waals surface area contributed by atoms with E-state index >= 15 is 0 Å². The van der Waals surface area contributed by atoms with E-state index in [1.807, 2.05) is 4.90 Å². The first-order valence-corrected chi connectivity index (χ1v) is 11.0. The fourth-order valence-electron chi connectivity index (χ4n) is 4.59. The van der Waals surface area contributed by atoms with Crippen LogP contribution in [0.2, 0.25) is 0 Å². The molecule has 0 radical (unpaired) electrons. The van der Waals surface area contributed by atoms with Crippen molar-refractivity contribution >= 4 is 29.4 Å². The Hall–Kier alpha value is -3.43. The zero-order valence-electron chi connectivity index (χ0n) is 17.2. The smallest absolute Gasteiger partial charge is 0.249 e. The number of amides is 1. The highest BCUT2D eigenvalue weighted by molar-refractivity contribution is 5.95. The number of H-pyrrole nitrogens is 2. The van der Waals surface area contributed by atoms with Gasteiger partial charge in [0.05, 0.1) is 5.69 Å². The van der Waals surface area contributed by atoms with Crippen molar-refractivity contribution in [2.75, 3.05) is 22.1 Å². The molecule has 3 aromatic heterocycles. The molecule has 0 bridgehead atoms. The van der Waals surface area contributed by atoms with Crippen molar-refractivity contribution in [3.8, 4) is 0 Å². The fraction of sp³-hybridized carbons (Fsp3) is 0.476. The van der Waals surface area contributed by atoms with Gasteiger partial charge in [-0.2, -0.15) is 10.1 Å². The van der Waals surface area contributed by atoms with Crippen molar-refractivity contribution in [3.05, 3.63) is 35.4 Å².